The van der Waals surface area contributed by atoms with E-state index in [1.165, 1.54) is 25.1 Å². The van der Waals surface area contributed by atoms with Gasteiger partial charge >= 0.3 is 5.97 Å². The molecule has 3 N–H and O–H groups in total. The van der Waals surface area contributed by atoms with Crippen LogP contribution in [0.15, 0.2) is 18.2 Å². The molecule has 0 heterocycles. The Bertz CT molecular complexity index is 548. The molecule has 0 aliphatic rings. The van der Waals surface area contributed by atoms with Crippen molar-refractivity contribution in [3.8, 4) is 0 Å². The molecule has 0 unspecified atom stereocenters. The number of hydrogen-bond acceptors (Lipinski definition) is 3. The van der Waals surface area contributed by atoms with Crippen LogP contribution in [0.3, 0.4) is 0 Å². The molecule has 6 nitrogen and oxygen atoms in total. The van der Waals surface area contributed by atoms with E-state index < -0.39 is 23.8 Å². The number of carboxylic acids is 1. The van der Waals surface area contributed by atoms with Crippen LogP contribution in [-0.4, -0.2) is 35.5 Å². The average molecular weight is 319 g/mol. The first-order valence-electron chi connectivity index (χ1n) is 5.56. The van der Waals surface area contributed by atoms with Crippen LogP contribution in [0.25, 0.3) is 0 Å². The van der Waals surface area contributed by atoms with Gasteiger partial charge in [-0.15, -0.1) is 0 Å². The first-order chi connectivity index (χ1) is 9.31. The van der Waals surface area contributed by atoms with Crippen LogP contribution < -0.4 is 10.6 Å². The van der Waals surface area contributed by atoms with Crippen molar-refractivity contribution in [2.24, 2.45) is 0 Å². The van der Waals surface area contributed by atoms with Crippen LogP contribution in [-0.2, 0) is 9.59 Å². The van der Waals surface area contributed by atoms with Gasteiger partial charge in [-0.05, 0) is 25.1 Å². The van der Waals surface area contributed by atoms with Crippen molar-refractivity contribution in [2.75, 3.05) is 6.54 Å². The third-order valence-corrected chi connectivity index (χ3v) is 3.08. The van der Waals surface area contributed by atoms with Crippen LogP contribution in [0.4, 0.5) is 0 Å². The molecule has 0 spiro atoms. The van der Waals surface area contributed by atoms with Crippen LogP contribution in [0.2, 0.25) is 10.0 Å². The van der Waals surface area contributed by atoms with E-state index in [0.29, 0.717) is 5.02 Å². The normalized spacial score (nSPS) is 11.6. The molecule has 0 aliphatic heterocycles. The van der Waals surface area contributed by atoms with Crippen molar-refractivity contribution in [1.29, 1.82) is 0 Å². The standard InChI is InChI=1S/C12H12Cl2N2O4/c1-6(12(19)20)16-10(17)5-15-11(18)7-2-3-8(13)9(14)4-7/h2-4,6H,5H2,1H3,(H,15,18)(H,16,17)(H,19,20)/t6-/m0/s1. The lowest BCUT2D eigenvalue weighted by molar-refractivity contribution is -0.141. The Morgan fingerprint density at radius 2 is 1.90 bits per heavy atom. The van der Waals surface area contributed by atoms with Gasteiger partial charge in [0.05, 0.1) is 16.6 Å². The van der Waals surface area contributed by atoms with Crippen molar-refractivity contribution in [3.05, 3.63) is 33.8 Å². The van der Waals surface area contributed by atoms with Gasteiger partial charge in [0.1, 0.15) is 6.04 Å². The number of carbonyl (C=O) groups is 3. The summed E-state index contributed by atoms with van der Waals surface area (Å²) in [6.45, 7) is 0.984. The number of amides is 2. The van der Waals surface area contributed by atoms with Crippen LogP contribution >= 0.6 is 23.2 Å². The topological polar surface area (TPSA) is 95.5 Å². The molecule has 108 valence electrons. The molecular weight excluding hydrogens is 307 g/mol. The first-order valence-corrected chi connectivity index (χ1v) is 6.32. The smallest absolute Gasteiger partial charge is 0.325 e. The zero-order valence-corrected chi connectivity index (χ0v) is 12.0. The van der Waals surface area contributed by atoms with Crippen molar-refractivity contribution in [2.45, 2.75) is 13.0 Å². The molecule has 0 aromatic heterocycles. The molecule has 0 saturated heterocycles. The van der Waals surface area contributed by atoms with E-state index in [1.807, 2.05) is 0 Å². The number of carboxylic acid groups (broad SMARTS) is 1. The fourth-order valence-corrected chi connectivity index (χ4v) is 1.55. The highest BCUT2D eigenvalue weighted by Crippen LogP contribution is 2.22. The number of nitrogens with one attached hydrogen (secondary N) is 2. The van der Waals surface area contributed by atoms with E-state index in [0.717, 1.165) is 0 Å². The van der Waals surface area contributed by atoms with Crippen LogP contribution in [0, 0.1) is 0 Å². The number of carbonyl (C=O) groups excluding carboxylic acids is 2. The molecule has 1 rings (SSSR count). The Kier molecular flexibility index (Phi) is 5.79. The second-order valence-electron chi connectivity index (χ2n) is 3.94. The Balaban J connectivity index is 2.53. The molecule has 8 heteroatoms. The Morgan fingerprint density at radius 3 is 2.45 bits per heavy atom. The molecule has 0 fully saturated rings. The Morgan fingerprint density at radius 1 is 1.25 bits per heavy atom. The third-order valence-electron chi connectivity index (χ3n) is 2.34. The fourth-order valence-electron chi connectivity index (χ4n) is 1.25. The SMILES string of the molecule is C[C@H](NC(=O)CNC(=O)c1ccc(Cl)c(Cl)c1)C(=O)O. The molecule has 0 radical (unpaired) electrons. The zero-order chi connectivity index (χ0) is 15.3. The Labute approximate surface area is 125 Å². The van der Waals surface area contributed by atoms with Gasteiger partial charge in [-0.1, -0.05) is 23.2 Å². The maximum atomic E-state index is 11.7. The summed E-state index contributed by atoms with van der Waals surface area (Å²) in [4.78, 5) is 33.6. The minimum atomic E-state index is -1.16. The summed E-state index contributed by atoms with van der Waals surface area (Å²) >= 11 is 11.5. The molecule has 1 atom stereocenters. The van der Waals surface area contributed by atoms with Crippen molar-refractivity contribution in [1.82, 2.24) is 10.6 Å². The number of aliphatic carboxylic acids is 1. The van der Waals surface area contributed by atoms with E-state index in [-0.39, 0.29) is 17.1 Å². The van der Waals surface area contributed by atoms with E-state index in [9.17, 15) is 14.4 Å². The summed E-state index contributed by atoms with van der Waals surface area (Å²) in [6, 6.07) is 3.27. The second kappa shape index (κ2) is 7.12. The number of halogens is 2. The molecular formula is C12H12Cl2N2O4. The maximum absolute atomic E-state index is 11.7. The van der Waals surface area contributed by atoms with E-state index >= 15 is 0 Å². The first kappa shape index (κ1) is 16.3. The van der Waals surface area contributed by atoms with Crippen molar-refractivity contribution in [3.63, 3.8) is 0 Å². The van der Waals surface area contributed by atoms with Gasteiger partial charge in [0.25, 0.3) is 5.91 Å². The van der Waals surface area contributed by atoms with E-state index in [4.69, 9.17) is 28.3 Å². The molecule has 20 heavy (non-hydrogen) atoms. The third kappa shape index (κ3) is 4.71. The quantitative estimate of drug-likeness (QED) is 0.762. The minimum Gasteiger partial charge on any atom is -0.480 e. The Hall–Kier alpha value is -1.79. The van der Waals surface area contributed by atoms with Crippen molar-refractivity contribution < 1.29 is 19.5 Å². The number of rotatable bonds is 5. The van der Waals surface area contributed by atoms with Crippen LogP contribution in [0.5, 0.6) is 0 Å². The van der Waals surface area contributed by atoms with Gasteiger partial charge in [0, 0.05) is 5.56 Å². The molecule has 0 aliphatic carbocycles. The summed E-state index contributed by atoms with van der Waals surface area (Å²) in [5.41, 5.74) is 0.249. The lowest BCUT2D eigenvalue weighted by Crippen LogP contribution is -2.44. The largest absolute Gasteiger partial charge is 0.480 e. The lowest BCUT2D eigenvalue weighted by Gasteiger charge is -2.10. The minimum absolute atomic E-state index is 0.225. The molecule has 1 aromatic rings. The highest BCUT2D eigenvalue weighted by atomic mass is 35.5. The predicted octanol–water partition coefficient (Wildman–Crippen LogP) is 1.31. The molecule has 1 aromatic carbocycles. The zero-order valence-electron chi connectivity index (χ0n) is 10.4. The van der Waals surface area contributed by atoms with Gasteiger partial charge in [0.2, 0.25) is 5.91 Å². The highest BCUT2D eigenvalue weighted by Gasteiger charge is 2.15. The molecule has 0 bridgehead atoms. The highest BCUT2D eigenvalue weighted by molar-refractivity contribution is 6.42. The molecule has 0 saturated carbocycles. The summed E-state index contributed by atoms with van der Waals surface area (Å²) in [5.74, 6) is -2.27. The molecule has 2 amide bonds. The van der Waals surface area contributed by atoms with E-state index in [2.05, 4.69) is 10.6 Å². The predicted molar refractivity (Wildman–Crippen MR) is 74.0 cm³/mol. The number of benzene rings is 1. The average Bonchev–Trinajstić information content (AvgIpc) is 2.39. The summed E-state index contributed by atoms with van der Waals surface area (Å²) in [6.07, 6.45) is 0. The van der Waals surface area contributed by atoms with Gasteiger partial charge in [0.15, 0.2) is 0 Å². The monoisotopic (exact) mass is 318 g/mol. The van der Waals surface area contributed by atoms with Gasteiger partial charge in [-0.25, -0.2) is 0 Å². The van der Waals surface area contributed by atoms with Gasteiger partial charge in [-0.2, -0.15) is 0 Å². The van der Waals surface area contributed by atoms with E-state index in [1.54, 1.807) is 0 Å². The summed E-state index contributed by atoms with van der Waals surface area (Å²) in [7, 11) is 0. The lowest BCUT2D eigenvalue weighted by atomic mass is 10.2. The maximum Gasteiger partial charge on any atom is 0.325 e. The van der Waals surface area contributed by atoms with Crippen molar-refractivity contribution >= 4 is 41.0 Å². The second-order valence-corrected chi connectivity index (χ2v) is 4.75. The van der Waals surface area contributed by atoms with Crippen LogP contribution in [0.1, 0.15) is 17.3 Å². The fraction of sp³-hybridized carbons (Fsp3) is 0.250. The summed E-state index contributed by atoms with van der Waals surface area (Å²) in [5, 5.41) is 13.7. The van der Waals surface area contributed by atoms with Gasteiger partial charge < -0.3 is 15.7 Å². The van der Waals surface area contributed by atoms with Gasteiger partial charge in [-0.3, -0.25) is 14.4 Å². The number of hydrogen-bond donors (Lipinski definition) is 3. The summed E-state index contributed by atoms with van der Waals surface area (Å²) < 4.78 is 0.